The van der Waals surface area contributed by atoms with E-state index in [0.29, 0.717) is 10.5 Å². The van der Waals surface area contributed by atoms with Gasteiger partial charge in [-0.15, -0.1) is 11.8 Å². The van der Waals surface area contributed by atoms with Gasteiger partial charge in [-0.2, -0.15) is 5.26 Å². The second kappa shape index (κ2) is 7.67. The largest absolute Gasteiger partial charge is 0.481 e. The molecular weight excluding hydrogens is 292 g/mol. The minimum Gasteiger partial charge on any atom is -0.481 e. The van der Waals surface area contributed by atoms with Gasteiger partial charge in [0.05, 0.1) is 29.4 Å². The lowest BCUT2D eigenvalue weighted by Crippen LogP contribution is -2.42. The molecule has 1 aromatic carbocycles. The van der Waals surface area contributed by atoms with E-state index < -0.39 is 23.9 Å². The number of benzene rings is 1. The first-order valence-corrected chi connectivity index (χ1v) is 7.15. The molecule has 0 aromatic heterocycles. The minimum absolute atomic E-state index is 0.171. The van der Waals surface area contributed by atoms with E-state index in [4.69, 9.17) is 10.4 Å². The molecule has 7 heteroatoms. The van der Waals surface area contributed by atoms with Crippen LogP contribution in [0, 0.1) is 11.3 Å². The summed E-state index contributed by atoms with van der Waals surface area (Å²) in [6, 6.07) is 8.78. The summed E-state index contributed by atoms with van der Waals surface area (Å²) in [7, 11) is 0. The average molecular weight is 308 g/mol. The fourth-order valence-electron chi connectivity index (χ4n) is 1.64. The van der Waals surface area contributed by atoms with Gasteiger partial charge >= 0.3 is 5.97 Å². The van der Waals surface area contributed by atoms with Crippen molar-refractivity contribution in [3.8, 4) is 6.07 Å². The summed E-state index contributed by atoms with van der Waals surface area (Å²) in [5.41, 5.74) is -1.13. The summed E-state index contributed by atoms with van der Waals surface area (Å²) in [6.45, 7) is 1.17. The molecule has 3 N–H and O–H groups in total. The molecule has 0 bridgehead atoms. The molecule has 0 heterocycles. The number of amides is 1. The van der Waals surface area contributed by atoms with Crippen molar-refractivity contribution in [2.24, 2.45) is 0 Å². The van der Waals surface area contributed by atoms with E-state index in [1.165, 1.54) is 18.7 Å². The summed E-state index contributed by atoms with van der Waals surface area (Å²) in [6.07, 6.45) is -0.460. The van der Waals surface area contributed by atoms with E-state index >= 15 is 0 Å². The van der Waals surface area contributed by atoms with Gasteiger partial charge in [-0.1, -0.05) is 12.1 Å². The number of carbonyl (C=O) groups excluding carboxylic acids is 1. The van der Waals surface area contributed by atoms with Crippen molar-refractivity contribution in [3.63, 3.8) is 0 Å². The summed E-state index contributed by atoms with van der Waals surface area (Å²) in [5.74, 6) is -1.33. The molecule has 0 saturated heterocycles. The number of hydrogen-bond acceptors (Lipinski definition) is 5. The number of nitrogens with zero attached hydrogens (tertiary/aromatic N) is 1. The molecule has 21 heavy (non-hydrogen) atoms. The van der Waals surface area contributed by atoms with Gasteiger partial charge < -0.3 is 15.5 Å². The quantitative estimate of drug-likeness (QED) is 0.654. The Morgan fingerprint density at radius 2 is 2.10 bits per heavy atom. The lowest BCUT2D eigenvalue weighted by atomic mass is 10.0. The third-order valence-corrected chi connectivity index (χ3v) is 3.53. The zero-order valence-corrected chi connectivity index (χ0v) is 12.3. The van der Waals surface area contributed by atoms with Crippen LogP contribution in [0.1, 0.15) is 23.7 Å². The molecule has 1 rings (SSSR count). The highest BCUT2D eigenvalue weighted by atomic mass is 32.2. The monoisotopic (exact) mass is 308 g/mol. The van der Waals surface area contributed by atoms with Crippen LogP contribution in [0.5, 0.6) is 0 Å². The van der Waals surface area contributed by atoms with Gasteiger partial charge in [0.25, 0.3) is 5.91 Å². The van der Waals surface area contributed by atoms with Gasteiger partial charge in [0.1, 0.15) is 0 Å². The number of thioether (sulfide) groups is 1. The highest BCUT2D eigenvalue weighted by Crippen LogP contribution is 2.22. The van der Waals surface area contributed by atoms with Crippen molar-refractivity contribution in [3.05, 3.63) is 29.8 Å². The Balaban J connectivity index is 2.72. The van der Waals surface area contributed by atoms with E-state index in [-0.39, 0.29) is 12.3 Å². The average Bonchev–Trinajstić information content (AvgIpc) is 2.41. The predicted octanol–water partition coefficient (Wildman–Crippen LogP) is 1.26. The first-order valence-electron chi connectivity index (χ1n) is 6.17. The topological polar surface area (TPSA) is 110 Å². The Bertz CT molecular complexity index is 566. The van der Waals surface area contributed by atoms with E-state index in [9.17, 15) is 14.7 Å². The standard InChI is InChI=1S/C14H16N2O4S/c1-14(20,8-12(17)18)9-16-13(19)10-4-2-3-5-11(10)21-7-6-15/h2-5,20H,7-9H2,1H3,(H,16,19)(H,17,18). The number of rotatable bonds is 7. The van der Waals surface area contributed by atoms with Crippen molar-refractivity contribution in [2.75, 3.05) is 12.3 Å². The van der Waals surface area contributed by atoms with Crippen LogP contribution < -0.4 is 5.32 Å². The number of carbonyl (C=O) groups is 2. The fourth-order valence-corrected chi connectivity index (χ4v) is 2.36. The number of hydrogen-bond donors (Lipinski definition) is 3. The second-order valence-electron chi connectivity index (χ2n) is 4.69. The van der Waals surface area contributed by atoms with E-state index in [1.54, 1.807) is 24.3 Å². The van der Waals surface area contributed by atoms with Crippen molar-refractivity contribution in [2.45, 2.75) is 23.8 Å². The highest BCUT2D eigenvalue weighted by Gasteiger charge is 2.25. The molecule has 112 valence electrons. The van der Waals surface area contributed by atoms with Crippen LogP contribution in [0.4, 0.5) is 0 Å². The Labute approximate surface area is 126 Å². The molecular formula is C14H16N2O4S. The van der Waals surface area contributed by atoms with Gasteiger partial charge in [-0.3, -0.25) is 9.59 Å². The van der Waals surface area contributed by atoms with Gasteiger partial charge in [0.2, 0.25) is 0 Å². The maximum absolute atomic E-state index is 12.1. The van der Waals surface area contributed by atoms with E-state index in [0.717, 1.165) is 0 Å². The SMILES string of the molecule is CC(O)(CNC(=O)c1ccccc1SCC#N)CC(=O)O. The second-order valence-corrected chi connectivity index (χ2v) is 5.71. The lowest BCUT2D eigenvalue weighted by Gasteiger charge is -2.21. The molecule has 1 atom stereocenters. The van der Waals surface area contributed by atoms with Crippen LogP contribution in [-0.4, -0.2) is 40.0 Å². The highest BCUT2D eigenvalue weighted by molar-refractivity contribution is 7.99. The number of nitriles is 1. The van der Waals surface area contributed by atoms with Crippen LogP contribution in [-0.2, 0) is 4.79 Å². The van der Waals surface area contributed by atoms with Crippen molar-refractivity contribution < 1.29 is 19.8 Å². The molecule has 1 aromatic rings. The van der Waals surface area contributed by atoms with E-state index in [2.05, 4.69) is 5.32 Å². The molecule has 0 spiro atoms. The number of aliphatic hydroxyl groups is 1. The van der Waals surface area contributed by atoms with Gasteiger partial charge in [-0.05, 0) is 19.1 Å². The third-order valence-electron chi connectivity index (χ3n) is 2.59. The molecule has 0 aliphatic carbocycles. The molecule has 0 radical (unpaired) electrons. The summed E-state index contributed by atoms with van der Waals surface area (Å²) in [4.78, 5) is 23.4. The maximum Gasteiger partial charge on any atom is 0.306 e. The van der Waals surface area contributed by atoms with Crippen LogP contribution in [0.2, 0.25) is 0 Å². The first kappa shape index (κ1) is 17.0. The Kier molecular flexibility index (Phi) is 6.21. The number of nitrogens with one attached hydrogen (secondary N) is 1. The number of carboxylic acids is 1. The zero-order chi connectivity index (χ0) is 15.9. The lowest BCUT2D eigenvalue weighted by molar-refractivity contribution is -0.141. The van der Waals surface area contributed by atoms with Gasteiger partial charge in [0, 0.05) is 11.4 Å². The molecule has 6 nitrogen and oxygen atoms in total. The molecule has 0 saturated carbocycles. The molecule has 0 fully saturated rings. The summed E-state index contributed by atoms with van der Waals surface area (Å²) < 4.78 is 0. The third kappa shape index (κ3) is 5.85. The smallest absolute Gasteiger partial charge is 0.306 e. The van der Waals surface area contributed by atoms with E-state index in [1.807, 2.05) is 6.07 Å². The Hall–Kier alpha value is -2.04. The Morgan fingerprint density at radius 3 is 2.71 bits per heavy atom. The van der Waals surface area contributed by atoms with Crippen LogP contribution in [0.3, 0.4) is 0 Å². The minimum atomic E-state index is -1.52. The summed E-state index contributed by atoms with van der Waals surface area (Å²) >= 11 is 1.24. The van der Waals surface area contributed by atoms with Crippen LogP contribution in [0.25, 0.3) is 0 Å². The van der Waals surface area contributed by atoms with Crippen molar-refractivity contribution in [1.29, 1.82) is 5.26 Å². The number of aliphatic carboxylic acids is 1. The molecule has 0 aliphatic rings. The van der Waals surface area contributed by atoms with Gasteiger partial charge in [-0.25, -0.2) is 0 Å². The normalized spacial score (nSPS) is 13.0. The summed E-state index contributed by atoms with van der Waals surface area (Å²) in [5, 5.41) is 29.6. The van der Waals surface area contributed by atoms with Crippen LogP contribution >= 0.6 is 11.8 Å². The molecule has 1 unspecified atom stereocenters. The van der Waals surface area contributed by atoms with Crippen molar-refractivity contribution >= 4 is 23.6 Å². The zero-order valence-electron chi connectivity index (χ0n) is 11.5. The maximum atomic E-state index is 12.1. The fraction of sp³-hybridized carbons (Fsp3) is 0.357. The van der Waals surface area contributed by atoms with Crippen molar-refractivity contribution in [1.82, 2.24) is 5.32 Å². The Morgan fingerprint density at radius 1 is 1.43 bits per heavy atom. The van der Waals surface area contributed by atoms with Gasteiger partial charge in [0.15, 0.2) is 0 Å². The molecule has 1 amide bonds. The predicted molar refractivity (Wildman–Crippen MR) is 78.0 cm³/mol. The number of carboxylic acid groups (broad SMARTS) is 1. The molecule has 0 aliphatic heterocycles. The van der Waals surface area contributed by atoms with Crippen LogP contribution in [0.15, 0.2) is 29.2 Å². The first-order chi connectivity index (χ1) is 9.85.